The Bertz CT molecular complexity index is 1150. The number of benzene rings is 2. The fraction of sp³-hybridized carbons (Fsp3) is 0.391. The number of hydrogen-bond acceptors (Lipinski definition) is 7. The van der Waals surface area contributed by atoms with Gasteiger partial charge in [0.25, 0.3) is 0 Å². The second kappa shape index (κ2) is 12.2. The number of aryl methyl sites for hydroxylation is 1. The number of anilines is 1. The first-order chi connectivity index (χ1) is 16.2. The largest absolute Gasteiger partial charge is 0.488 e. The summed E-state index contributed by atoms with van der Waals surface area (Å²) in [6.07, 6.45) is 0.850. The highest BCUT2D eigenvalue weighted by molar-refractivity contribution is 14.2. The maximum Gasteiger partial charge on any atom is 0.488 e. The van der Waals surface area contributed by atoms with Crippen molar-refractivity contribution in [3.05, 3.63) is 53.6 Å². The van der Waals surface area contributed by atoms with Gasteiger partial charge in [0, 0.05) is 19.2 Å². The average molecular weight is 616 g/mol. The lowest BCUT2D eigenvalue weighted by Gasteiger charge is -2.25. The summed E-state index contributed by atoms with van der Waals surface area (Å²) < 4.78 is 29.8. The van der Waals surface area contributed by atoms with Gasteiger partial charge in [-0.15, -0.1) is 0 Å². The van der Waals surface area contributed by atoms with Crippen molar-refractivity contribution < 1.29 is 32.8 Å². The van der Waals surface area contributed by atoms with Crippen molar-refractivity contribution >= 4 is 58.5 Å². The van der Waals surface area contributed by atoms with Crippen molar-refractivity contribution in [2.75, 3.05) is 12.4 Å². The number of rotatable bonds is 9. The fourth-order valence-corrected chi connectivity index (χ4v) is 5.17. The zero-order valence-corrected chi connectivity index (χ0v) is 23.1. The van der Waals surface area contributed by atoms with Crippen LogP contribution in [0.5, 0.6) is 0 Å². The average Bonchev–Trinajstić information content (AvgIpc) is 2.72. The molecule has 2 rings (SSSR count). The molecule has 190 valence electrons. The molecule has 0 heterocycles. The number of nitrogens with one attached hydrogen (secondary N) is 1. The van der Waals surface area contributed by atoms with E-state index in [4.69, 9.17) is 14.8 Å². The number of hydrogen-bond donors (Lipinski definition) is 3. The fourth-order valence-electron chi connectivity index (χ4n) is 3.21. The Morgan fingerprint density at radius 3 is 2.29 bits per heavy atom. The van der Waals surface area contributed by atoms with E-state index in [1.165, 1.54) is 45.3 Å². The van der Waals surface area contributed by atoms with E-state index in [-0.39, 0.29) is 23.8 Å². The van der Waals surface area contributed by atoms with Gasteiger partial charge < -0.3 is 25.0 Å². The molecule has 0 spiro atoms. The molecule has 0 saturated heterocycles. The summed E-state index contributed by atoms with van der Waals surface area (Å²) in [4.78, 5) is 26.1. The van der Waals surface area contributed by atoms with Crippen molar-refractivity contribution in [1.82, 2.24) is 4.90 Å². The van der Waals surface area contributed by atoms with Crippen LogP contribution in [0.2, 0.25) is 0 Å². The van der Waals surface area contributed by atoms with E-state index < -0.39 is 25.8 Å². The van der Waals surface area contributed by atoms with Crippen LogP contribution in [0.1, 0.15) is 44.7 Å². The van der Waals surface area contributed by atoms with E-state index in [0.717, 1.165) is 5.56 Å². The van der Waals surface area contributed by atoms with Crippen LogP contribution >= 0.6 is 21.2 Å². The van der Waals surface area contributed by atoms with Gasteiger partial charge in [0.15, 0.2) is 0 Å². The molecule has 0 unspecified atom stereocenters. The molecule has 0 bridgehead atoms. The van der Waals surface area contributed by atoms with E-state index in [1.54, 1.807) is 51.1 Å². The maximum absolute atomic E-state index is 12.4. The van der Waals surface area contributed by atoms with Crippen LogP contribution in [-0.4, -0.2) is 55.1 Å². The van der Waals surface area contributed by atoms with Crippen molar-refractivity contribution in [3.8, 4) is 0 Å². The van der Waals surface area contributed by atoms with Crippen molar-refractivity contribution in [1.29, 1.82) is 0 Å². The van der Waals surface area contributed by atoms with Crippen LogP contribution < -0.4 is 10.8 Å². The van der Waals surface area contributed by atoms with Crippen LogP contribution in [0.15, 0.2) is 47.4 Å². The zero-order valence-electron chi connectivity index (χ0n) is 20.1. The monoisotopic (exact) mass is 616 g/mol. The highest BCUT2D eigenvalue weighted by atomic mass is 127. The molecular weight excluding hydrogens is 586 g/mol. The normalized spacial score (nSPS) is 11.6. The first kappa shape index (κ1) is 29.1. The smallest absolute Gasteiger partial charge is 0.444 e. The molecule has 0 aromatic heterocycles. The number of carbonyl (C=O) groups excluding carboxylic acids is 2. The molecule has 2 aromatic carbocycles. The van der Waals surface area contributed by atoms with Gasteiger partial charge in [0.05, 0.1) is 32.6 Å². The molecule has 9 nitrogen and oxygen atoms in total. The van der Waals surface area contributed by atoms with Gasteiger partial charge >= 0.3 is 13.2 Å². The van der Waals surface area contributed by atoms with Crippen molar-refractivity contribution in [2.24, 2.45) is 0 Å². The minimum Gasteiger partial charge on any atom is -0.444 e. The van der Waals surface area contributed by atoms with Crippen molar-refractivity contribution in [2.45, 2.75) is 57.1 Å². The predicted octanol–water partition coefficient (Wildman–Crippen LogP) is 2.82. The Kier molecular flexibility index (Phi) is 10.1. The Morgan fingerprint density at radius 2 is 1.74 bits per heavy atom. The molecule has 2 aromatic rings. The summed E-state index contributed by atoms with van der Waals surface area (Å²) in [5.74, 6) is -0.232. The standard InChI is InChI=1S/C23H30BIN2O7S/c1-23(2,3)34-22(29)27(4)15-17-14-19(12-13-20(17)35(25,32)33)26-21(28)7-5-6-16-8-10-18(11-9-16)24(30)31/h8-14,30-31H,5-7,15H2,1-4H3,(H,26,28). The first-order valence-corrected chi connectivity index (χ1v) is 14.9. The second-order valence-corrected chi connectivity index (χ2v) is 13.9. The molecule has 0 aliphatic carbocycles. The molecule has 3 N–H and O–H groups in total. The molecule has 0 aliphatic heterocycles. The Labute approximate surface area is 218 Å². The maximum atomic E-state index is 12.4. The molecule has 0 saturated carbocycles. The third-order valence-corrected chi connectivity index (χ3v) is 7.21. The summed E-state index contributed by atoms with van der Waals surface area (Å²) >= 11 is 1.34. The van der Waals surface area contributed by atoms with Crippen LogP contribution in [0.4, 0.5) is 10.5 Å². The third kappa shape index (κ3) is 9.78. The minimum absolute atomic E-state index is 0.0191. The Balaban J connectivity index is 2.04. The van der Waals surface area contributed by atoms with Crippen LogP contribution in [0.25, 0.3) is 0 Å². The van der Waals surface area contributed by atoms with Crippen LogP contribution in [0, 0.1) is 0 Å². The summed E-state index contributed by atoms with van der Waals surface area (Å²) in [7, 11) is -3.60. The van der Waals surface area contributed by atoms with E-state index in [2.05, 4.69) is 5.32 Å². The number of amides is 2. The van der Waals surface area contributed by atoms with Gasteiger partial charge in [0.2, 0.25) is 12.9 Å². The topological polar surface area (TPSA) is 133 Å². The third-order valence-electron chi connectivity index (χ3n) is 4.87. The van der Waals surface area contributed by atoms with Gasteiger partial charge in [-0.3, -0.25) is 4.79 Å². The number of nitrogens with zero attached hydrogens (tertiary/aromatic N) is 1. The van der Waals surface area contributed by atoms with Gasteiger partial charge in [0.1, 0.15) is 5.60 Å². The van der Waals surface area contributed by atoms with Crippen LogP contribution in [-0.2, 0) is 29.5 Å². The molecule has 12 heteroatoms. The Hall–Kier alpha value is -2.16. The highest BCUT2D eigenvalue weighted by Gasteiger charge is 2.23. The van der Waals surface area contributed by atoms with E-state index in [9.17, 15) is 18.0 Å². The van der Waals surface area contributed by atoms with E-state index in [1.807, 2.05) is 0 Å². The molecule has 0 radical (unpaired) electrons. The quantitative estimate of drug-likeness (QED) is 0.224. The van der Waals surface area contributed by atoms with Crippen molar-refractivity contribution in [3.63, 3.8) is 0 Å². The summed E-state index contributed by atoms with van der Waals surface area (Å²) in [6, 6.07) is 11.3. The summed E-state index contributed by atoms with van der Waals surface area (Å²) in [5.41, 5.74) is 1.45. The van der Waals surface area contributed by atoms with Gasteiger partial charge in [-0.05, 0) is 68.4 Å². The number of carbonyl (C=O) groups is 2. The predicted molar refractivity (Wildman–Crippen MR) is 143 cm³/mol. The lowest BCUT2D eigenvalue weighted by molar-refractivity contribution is -0.116. The van der Waals surface area contributed by atoms with Gasteiger partial charge in [-0.25, -0.2) is 13.2 Å². The molecule has 0 fully saturated rings. The first-order valence-electron chi connectivity index (χ1n) is 10.9. The molecular formula is C23H30BIN2O7S. The van der Waals surface area contributed by atoms with Crippen LogP contribution in [0.3, 0.4) is 0 Å². The lowest BCUT2D eigenvalue weighted by atomic mass is 9.80. The minimum atomic E-state index is -3.59. The highest BCUT2D eigenvalue weighted by Crippen LogP contribution is 2.27. The molecule has 35 heavy (non-hydrogen) atoms. The number of ether oxygens (including phenoxy) is 1. The molecule has 0 aliphatic rings. The molecule has 0 atom stereocenters. The summed E-state index contributed by atoms with van der Waals surface area (Å²) in [5, 5.41) is 21.1. The SMILES string of the molecule is CN(Cc1cc(NC(=O)CCCc2ccc(B(O)O)cc2)ccc1S(=O)(=O)I)C(=O)OC(C)(C)C. The Morgan fingerprint density at radius 1 is 1.11 bits per heavy atom. The molecule has 2 amide bonds. The van der Waals surface area contributed by atoms with E-state index in [0.29, 0.717) is 29.6 Å². The van der Waals surface area contributed by atoms with Gasteiger partial charge in [-0.2, -0.15) is 0 Å². The second-order valence-electron chi connectivity index (χ2n) is 9.11. The van der Waals surface area contributed by atoms with Gasteiger partial charge in [-0.1, -0.05) is 24.3 Å². The van der Waals surface area contributed by atoms with E-state index >= 15 is 0 Å². The summed E-state index contributed by atoms with van der Waals surface area (Å²) in [6.45, 7) is 5.20. The lowest BCUT2D eigenvalue weighted by Crippen LogP contribution is -2.34. The number of halogens is 1. The zero-order chi connectivity index (χ0) is 26.4.